The third-order valence-corrected chi connectivity index (χ3v) is 3.10. The molecule has 1 aromatic carbocycles. The van der Waals surface area contributed by atoms with Crippen LogP contribution in [0.25, 0.3) is 0 Å². The van der Waals surface area contributed by atoms with Crippen molar-refractivity contribution in [1.82, 2.24) is 14.5 Å². The van der Waals surface area contributed by atoms with Crippen molar-refractivity contribution < 1.29 is 9.90 Å². The second-order valence-electron chi connectivity index (χ2n) is 4.62. The van der Waals surface area contributed by atoms with E-state index in [1.54, 1.807) is 37.2 Å². The summed E-state index contributed by atoms with van der Waals surface area (Å²) >= 11 is 0. The molecule has 1 amide bonds. The number of phenols is 1. The summed E-state index contributed by atoms with van der Waals surface area (Å²) in [7, 11) is 3.60. The first-order chi connectivity index (χ1) is 8.99. The zero-order valence-corrected chi connectivity index (χ0v) is 11.3. The van der Waals surface area contributed by atoms with Gasteiger partial charge in [-0.2, -0.15) is 0 Å². The van der Waals surface area contributed by atoms with Gasteiger partial charge >= 0.3 is 0 Å². The zero-order valence-electron chi connectivity index (χ0n) is 11.3. The van der Waals surface area contributed by atoms with Crippen LogP contribution in [-0.4, -0.2) is 32.5 Å². The largest absolute Gasteiger partial charge is 0.508 e. The van der Waals surface area contributed by atoms with Crippen molar-refractivity contribution >= 4 is 5.91 Å². The predicted molar refractivity (Wildman–Crippen MR) is 71.8 cm³/mol. The first-order valence-electron chi connectivity index (χ1n) is 6.00. The van der Waals surface area contributed by atoms with Crippen LogP contribution in [-0.2, 0) is 13.6 Å². The fourth-order valence-electron chi connectivity index (χ4n) is 1.80. The highest BCUT2D eigenvalue weighted by molar-refractivity contribution is 5.94. The van der Waals surface area contributed by atoms with Gasteiger partial charge in [-0.05, 0) is 24.6 Å². The van der Waals surface area contributed by atoms with Gasteiger partial charge in [0.2, 0.25) is 0 Å². The Kier molecular flexibility index (Phi) is 3.55. The van der Waals surface area contributed by atoms with Crippen LogP contribution >= 0.6 is 0 Å². The van der Waals surface area contributed by atoms with Gasteiger partial charge in [-0.3, -0.25) is 4.79 Å². The van der Waals surface area contributed by atoms with E-state index in [1.165, 1.54) is 6.07 Å². The van der Waals surface area contributed by atoms with Crippen molar-refractivity contribution in [2.24, 2.45) is 7.05 Å². The van der Waals surface area contributed by atoms with Gasteiger partial charge in [-0.1, -0.05) is 6.07 Å². The van der Waals surface area contributed by atoms with E-state index in [0.29, 0.717) is 12.1 Å². The Morgan fingerprint density at radius 2 is 2.21 bits per heavy atom. The number of carbonyl (C=O) groups is 1. The van der Waals surface area contributed by atoms with Gasteiger partial charge in [-0.15, -0.1) is 0 Å². The molecule has 1 N–H and O–H groups in total. The topological polar surface area (TPSA) is 58.4 Å². The molecule has 0 saturated carbocycles. The van der Waals surface area contributed by atoms with Crippen molar-refractivity contribution in [1.29, 1.82) is 0 Å². The Labute approximate surface area is 112 Å². The van der Waals surface area contributed by atoms with Crippen LogP contribution < -0.4 is 0 Å². The van der Waals surface area contributed by atoms with Gasteiger partial charge in [0.05, 0.1) is 6.54 Å². The number of benzene rings is 1. The van der Waals surface area contributed by atoms with Gasteiger partial charge in [0.1, 0.15) is 11.6 Å². The van der Waals surface area contributed by atoms with Crippen molar-refractivity contribution in [2.75, 3.05) is 7.05 Å². The minimum Gasteiger partial charge on any atom is -0.508 e. The van der Waals surface area contributed by atoms with E-state index in [1.807, 2.05) is 17.8 Å². The molecule has 19 heavy (non-hydrogen) atoms. The number of carbonyl (C=O) groups excluding carboxylic acids is 1. The van der Waals surface area contributed by atoms with E-state index in [2.05, 4.69) is 4.98 Å². The van der Waals surface area contributed by atoms with E-state index < -0.39 is 0 Å². The molecule has 1 heterocycles. The summed E-state index contributed by atoms with van der Waals surface area (Å²) in [6, 6.07) is 4.94. The summed E-state index contributed by atoms with van der Waals surface area (Å²) in [5, 5.41) is 9.64. The average molecular weight is 259 g/mol. The second kappa shape index (κ2) is 5.14. The van der Waals surface area contributed by atoms with Crippen LogP contribution in [0, 0.1) is 6.92 Å². The van der Waals surface area contributed by atoms with Crippen molar-refractivity contribution in [3.8, 4) is 5.75 Å². The molecule has 0 aliphatic carbocycles. The number of amides is 1. The Hall–Kier alpha value is -2.30. The quantitative estimate of drug-likeness (QED) is 0.912. The average Bonchev–Trinajstić information content (AvgIpc) is 2.77. The molecular weight excluding hydrogens is 242 g/mol. The molecule has 0 fully saturated rings. The molecule has 0 aliphatic heterocycles. The molecule has 0 saturated heterocycles. The number of rotatable bonds is 3. The maximum Gasteiger partial charge on any atom is 0.254 e. The van der Waals surface area contributed by atoms with Gasteiger partial charge in [-0.25, -0.2) is 4.98 Å². The molecule has 5 heteroatoms. The number of hydrogen-bond donors (Lipinski definition) is 1. The molecule has 0 aliphatic rings. The normalized spacial score (nSPS) is 10.5. The van der Waals surface area contributed by atoms with E-state index in [0.717, 1.165) is 11.4 Å². The molecule has 100 valence electrons. The summed E-state index contributed by atoms with van der Waals surface area (Å²) < 4.78 is 1.87. The highest BCUT2D eigenvalue weighted by atomic mass is 16.3. The fraction of sp³-hybridized carbons (Fsp3) is 0.286. The number of imidazole rings is 1. The van der Waals surface area contributed by atoms with E-state index in [9.17, 15) is 9.90 Å². The molecule has 0 unspecified atom stereocenters. The van der Waals surface area contributed by atoms with Crippen LogP contribution in [0.5, 0.6) is 5.75 Å². The minimum absolute atomic E-state index is 0.135. The number of hydrogen-bond acceptors (Lipinski definition) is 3. The van der Waals surface area contributed by atoms with Crippen LogP contribution in [0.3, 0.4) is 0 Å². The summed E-state index contributed by atoms with van der Waals surface area (Å²) in [5.41, 5.74) is 1.23. The van der Waals surface area contributed by atoms with Gasteiger partial charge < -0.3 is 14.6 Å². The lowest BCUT2D eigenvalue weighted by Crippen LogP contribution is -2.27. The Morgan fingerprint density at radius 1 is 1.47 bits per heavy atom. The molecular formula is C14H17N3O2. The summed E-state index contributed by atoms with van der Waals surface area (Å²) in [6.07, 6.45) is 3.54. The Bertz CT molecular complexity index is 604. The number of aryl methyl sites for hydroxylation is 2. The third-order valence-electron chi connectivity index (χ3n) is 3.10. The van der Waals surface area contributed by atoms with Crippen LogP contribution in [0.15, 0.2) is 30.6 Å². The third kappa shape index (κ3) is 2.76. The lowest BCUT2D eigenvalue weighted by Gasteiger charge is -2.17. The number of aromatic hydroxyl groups is 1. The minimum atomic E-state index is -0.140. The maximum absolute atomic E-state index is 12.2. The standard InChI is InChI=1S/C14H17N3O2/c1-10-4-5-11(8-12(10)18)14(19)17(3)9-13-15-6-7-16(13)2/h4-8,18H,9H2,1-3H3. The van der Waals surface area contributed by atoms with Gasteiger partial charge in [0.15, 0.2) is 0 Å². The van der Waals surface area contributed by atoms with Gasteiger partial charge in [0, 0.05) is 32.1 Å². The monoisotopic (exact) mass is 259 g/mol. The summed E-state index contributed by atoms with van der Waals surface area (Å²) in [5.74, 6) is 0.807. The lowest BCUT2D eigenvalue weighted by atomic mass is 10.1. The van der Waals surface area contributed by atoms with Crippen molar-refractivity contribution in [2.45, 2.75) is 13.5 Å². The fourth-order valence-corrected chi connectivity index (χ4v) is 1.80. The Morgan fingerprint density at radius 3 is 2.79 bits per heavy atom. The SMILES string of the molecule is Cc1ccc(C(=O)N(C)Cc2nccn2C)cc1O. The van der Waals surface area contributed by atoms with Crippen molar-refractivity contribution in [3.05, 3.63) is 47.5 Å². The van der Waals surface area contributed by atoms with Crippen LogP contribution in [0.4, 0.5) is 0 Å². The van der Waals surface area contributed by atoms with Crippen LogP contribution in [0.1, 0.15) is 21.7 Å². The first kappa shape index (κ1) is 13.1. The highest BCUT2D eigenvalue weighted by Crippen LogP contribution is 2.18. The molecule has 0 bridgehead atoms. The predicted octanol–water partition coefficient (Wildman–Crippen LogP) is 1.71. The van der Waals surface area contributed by atoms with E-state index >= 15 is 0 Å². The molecule has 2 rings (SSSR count). The second-order valence-corrected chi connectivity index (χ2v) is 4.62. The molecule has 1 aromatic heterocycles. The van der Waals surface area contributed by atoms with Crippen molar-refractivity contribution in [3.63, 3.8) is 0 Å². The zero-order chi connectivity index (χ0) is 14.0. The number of phenolic OH excluding ortho intramolecular Hbond substituents is 1. The summed E-state index contributed by atoms with van der Waals surface area (Å²) in [4.78, 5) is 18.0. The smallest absolute Gasteiger partial charge is 0.254 e. The molecule has 0 radical (unpaired) electrons. The Balaban J connectivity index is 2.15. The molecule has 5 nitrogen and oxygen atoms in total. The van der Waals surface area contributed by atoms with E-state index in [4.69, 9.17) is 0 Å². The van der Waals surface area contributed by atoms with Gasteiger partial charge in [0.25, 0.3) is 5.91 Å². The summed E-state index contributed by atoms with van der Waals surface area (Å²) in [6.45, 7) is 2.22. The van der Waals surface area contributed by atoms with Crippen LogP contribution in [0.2, 0.25) is 0 Å². The number of aromatic nitrogens is 2. The maximum atomic E-state index is 12.2. The number of nitrogens with zero attached hydrogens (tertiary/aromatic N) is 3. The highest BCUT2D eigenvalue weighted by Gasteiger charge is 2.14. The molecule has 0 spiro atoms. The lowest BCUT2D eigenvalue weighted by molar-refractivity contribution is 0.0780. The molecule has 0 atom stereocenters. The first-order valence-corrected chi connectivity index (χ1v) is 6.00. The molecule has 2 aromatic rings. The van der Waals surface area contributed by atoms with E-state index in [-0.39, 0.29) is 11.7 Å².